The first-order valence-electron chi connectivity index (χ1n) is 5.81. The molecule has 0 saturated carbocycles. The van der Waals surface area contributed by atoms with E-state index in [1.54, 1.807) is 0 Å². The van der Waals surface area contributed by atoms with E-state index in [1.807, 2.05) is 6.92 Å². The highest BCUT2D eigenvalue weighted by Gasteiger charge is 2.10. The molecule has 1 unspecified atom stereocenters. The van der Waals surface area contributed by atoms with Crippen molar-refractivity contribution in [1.82, 2.24) is 9.78 Å². The number of anilines is 1. The van der Waals surface area contributed by atoms with Crippen molar-refractivity contribution in [1.29, 1.82) is 0 Å². The Morgan fingerprint density at radius 2 is 2.33 bits per heavy atom. The smallest absolute Gasteiger partial charge is 0.325 e. The summed E-state index contributed by atoms with van der Waals surface area (Å²) in [6.45, 7) is 1.78. The quantitative estimate of drug-likeness (QED) is 0.653. The van der Waals surface area contributed by atoms with Crippen LogP contribution in [0.3, 0.4) is 0 Å². The van der Waals surface area contributed by atoms with Crippen LogP contribution in [-0.4, -0.2) is 32.8 Å². The average Bonchev–Trinajstić information content (AvgIpc) is 2.64. The Labute approximate surface area is 105 Å². The van der Waals surface area contributed by atoms with Gasteiger partial charge in [-0.2, -0.15) is 5.10 Å². The highest BCUT2D eigenvalue weighted by Crippen LogP contribution is 2.07. The first kappa shape index (κ1) is 14.2. The average molecular weight is 254 g/mol. The minimum absolute atomic E-state index is 0.149. The predicted octanol–water partition coefficient (Wildman–Crippen LogP) is 0.424. The summed E-state index contributed by atoms with van der Waals surface area (Å²) in [6, 6.07) is -0.149. The van der Waals surface area contributed by atoms with Crippen molar-refractivity contribution in [2.45, 2.75) is 38.8 Å². The number of carbonyl (C=O) groups excluding carboxylic acids is 1. The second kappa shape index (κ2) is 6.75. The Hall–Kier alpha value is -1.89. The maximum Gasteiger partial charge on any atom is 0.325 e. The van der Waals surface area contributed by atoms with Crippen LogP contribution in [0.2, 0.25) is 0 Å². The summed E-state index contributed by atoms with van der Waals surface area (Å²) in [4.78, 5) is 22.0. The molecule has 1 amide bonds. The number of carboxylic acids is 1. The molecule has 1 aromatic rings. The number of aliphatic carboxylic acids is 1. The third-order valence-electron chi connectivity index (χ3n) is 2.32. The van der Waals surface area contributed by atoms with Crippen LogP contribution in [0, 0.1) is 0 Å². The molecule has 0 aliphatic heterocycles. The first-order valence-corrected chi connectivity index (χ1v) is 5.81. The predicted molar refractivity (Wildman–Crippen MR) is 66.0 cm³/mol. The lowest BCUT2D eigenvalue weighted by Crippen LogP contribution is -2.26. The second-order valence-corrected chi connectivity index (χ2v) is 4.12. The van der Waals surface area contributed by atoms with Crippen molar-refractivity contribution in [3.63, 3.8) is 0 Å². The lowest BCUT2D eigenvalue weighted by Gasteiger charge is -2.09. The lowest BCUT2D eigenvalue weighted by molar-refractivity contribution is -0.137. The molecule has 0 bridgehead atoms. The molecule has 0 saturated heterocycles. The molecule has 7 nitrogen and oxygen atoms in total. The maximum atomic E-state index is 11.6. The van der Waals surface area contributed by atoms with Crippen LogP contribution >= 0.6 is 0 Å². The summed E-state index contributed by atoms with van der Waals surface area (Å²) in [5, 5.41) is 15.0. The zero-order chi connectivity index (χ0) is 13.5. The van der Waals surface area contributed by atoms with Crippen LogP contribution in [0.1, 0.15) is 26.2 Å². The Balaban J connectivity index is 2.44. The number of nitrogens with two attached hydrogens (primary N) is 1. The molecular weight excluding hydrogens is 236 g/mol. The number of rotatable bonds is 7. The monoisotopic (exact) mass is 254 g/mol. The SMILES string of the molecule is CCCC(N)CC(=O)Nc1cnn(CC(=O)O)c1. The largest absolute Gasteiger partial charge is 0.480 e. The van der Waals surface area contributed by atoms with E-state index >= 15 is 0 Å². The molecule has 1 aromatic heterocycles. The fourth-order valence-corrected chi connectivity index (χ4v) is 1.58. The summed E-state index contributed by atoms with van der Waals surface area (Å²) in [7, 11) is 0. The molecule has 0 fully saturated rings. The van der Waals surface area contributed by atoms with Crippen molar-refractivity contribution in [3.8, 4) is 0 Å². The van der Waals surface area contributed by atoms with Crippen molar-refractivity contribution in [2.24, 2.45) is 5.73 Å². The number of hydrogen-bond acceptors (Lipinski definition) is 4. The van der Waals surface area contributed by atoms with Crippen LogP contribution < -0.4 is 11.1 Å². The molecule has 4 N–H and O–H groups in total. The Morgan fingerprint density at radius 1 is 1.61 bits per heavy atom. The molecule has 0 aliphatic rings. The zero-order valence-corrected chi connectivity index (χ0v) is 10.3. The summed E-state index contributed by atoms with van der Waals surface area (Å²) >= 11 is 0. The first-order chi connectivity index (χ1) is 8.51. The van der Waals surface area contributed by atoms with E-state index in [0.29, 0.717) is 5.69 Å². The summed E-state index contributed by atoms with van der Waals surface area (Å²) in [6.07, 6.45) is 4.86. The topological polar surface area (TPSA) is 110 Å². The third kappa shape index (κ3) is 4.96. The van der Waals surface area contributed by atoms with Gasteiger partial charge in [-0.05, 0) is 6.42 Å². The van der Waals surface area contributed by atoms with Gasteiger partial charge in [-0.3, -0.25) is 14.3 Å². The molecule has 1 rings (SSSR count). The normalized spacial score (nSPS) is 12.1. The van der Waals surface area contributed by atoms with Crippen molar-refractivity contribution in [3.05, 3.63) is 12.4 Å². The highest BCUT2D eigenvalue weighted by atomic mass is 16.4. The maximum absolute atomic E-state index is 11.6. The molecule has 0 aromatic carbocycles. The van der Waals surface area contributed by atoms with Gasteiger partial charge in [0.25, 0.3) is 0 Å². The van der Waals surface area contributed by atoms with Crippen molar-refractivity contribution in [2.75, 3.05) is 5.32 Å². The van der Waals surface area contributed by atoms with Crippen LogP contribution in [0.25, 0.3) is 0 Å². The lowest BCUT2D eigenvalue weighted by atomic mass is 10.1. The van der Waals surface area contributed by atoms with Gasteiger partial charge in [-0.25, -0.2) is 0 Å². The number of aromatic nitrogens is 2. The van der Waals surface area contributed by atoms with E-state index in [2.05, 4.69) is 10.4 Å². The van der Waals surface area contributed by atoms with Gasteiger partial charge >= 0.3 is 5.97 Å². The molecule has 0 spiro atoms. The number of carboxylic acid groups (broad SMARTS) is 1. The van der Waals surface area contributed by atoms with E-state index in [0.717, 1.165) is 12.8 Å². The van der Waals surface area contributed by atoms with Gasteiger partial charge in [-0.15, -0.1) is 0 Å². The Kier molecular flexibility index (Phi) is 5.31. The highest BCUT2D eigenvalue weighted by molar-refractivity contribution is 5.90. The minimum atomic E-state index is -0.985. The number of hydrogen-bond donors (Lipinski definition) is 3. The molecular formula is C11H18N4O3. The molecule has 100 valence electrons. The van der Waals surface area contributed by atoms with Gasteiger partial charge < -0.3 is 16.2 Å². The third-order valence-corrected chi connectivity index (χ3v) is 2.32. The van der Waals surface area contributed by atoms with E-state index < -0.39 is 5.97 Å². The van der Waals surface area contributed by atoms with Crippen LogP contribution in [0.5, 0.6) is 0 Å². The molecule has 1 heterocycles. The van der Waals surface area contributed by atoms with Crippen molar-refractivity contribution < 1.29 is 14.7 Å². The summed E-state index contributed by atoms with van der Waals surface area (Å²) in [5.41, 5.74) is 6.23. The number of carbonyl (C=O) groups is 2. The van der Waals surface area contributed by atoms with Gasteiger partial charge in [0, 0.05) is 18.7 Å². The number of nitrogens with one attached hydrogen (secondary N) is 1. The molecule has 0 radical (unpaired) electrons. The summed E-state index contributed by atoms with van der Waals surface area (Å²) in [5.74, 6) is -1.17. The fourth-order valence-electron chi connectivity index (χ4n) is 1.58. The van der Waals surface area contributed by atoms with Crippen LogP contribution in [-0.2, 0) is 16.1 Å². The molecule has 7 heteroatoms. The zero-order valence-electron chi connectivity index (χ0n) is 10.3. The van der Waals surface area contributed by atoms with Crippen LogP contribution in [0.15, 0.2) is 12.4 Å². The second-order valence-electron chi connectivity index (χ2n) is 4.12. The standard InChI is InChI=1S/C11H18N4O3/c1-2-3-8(12)4-10(16)14-9-5-13-15(6-9)7-11(17)18/h5-6,8H,2-4,7,12H2,1H3,(H,14,16)(H,17,18). The number of amides is 1. The molecule has 0 aliphatic carbocycles. The van der Waals surface area contributed by atoms with Gasteiger partial charge in [-0.1, -0.05) is 13.3 Å². The Bertz CT molecular complexity index is 416. The van der Waals surface area contributed by atoms with Gasteiger partial charge in [0.15, 0.2) is 0 Å². The van der Waals surface area contributed by atoms with E-state index in [4.69, 9.17) is 10.8 Å². The molecule has 18 heavy (non-hydrogen) atoms. The summed E-state index contributed by atoms with van der Waals surface area (Å²) < 4.78 is 1.24. The van der Waals surface area contributed by atoms with E-state index in [1.165, 1.54) is 17.1 Å². The van der Waals surface area contributed by atoms with E-state index in [9.17, 15) is 9.59 Å². The van der Waals surface area contributed by atoms with Gasteiger partial charge in [0.2, 0.25) is 5.91 Å². The number of nitrogens with zero attached hydrogens (tertiary/aromatic N) is 2. The van der Waals surface area contributed by atoms with Gasteiger partial charge in [0.1, 0.15) is 6.54 Å². The molecule has 1 atom stereocenters. The Morgan fingerprint density at radius 3 is 2.94 bits per heavy atom. The van der Waals surface area contributed by atoms with Crippen LogP contribution in [0.4, 0.5) is 5.69 Å². The fraction of sp³-hybridized carbons (Fsp3) is 0.545. The van der Waals surface area contributed by atoms with Gasteiger partial charge in [0.05, 0.1) is 11.9 Å². The van der Waals surface area contributed by atoms with E-state index in [-0.39, 0.29) is 24.9 Å². The van der Waals surface area contributed by atoms with Crippen molar-refractivity contribution >= 4 is 17.6 Å². The minimum Gasteiger partial charge on any atom is -0.480 e.